The van der Waals surface area contributed by atoms with Crippen molar-refractivity contribution in [3.63, 3.8) is 0 Å². The second-order valence-electron chi connectivity index (χ2n) is 5.69. The standard InChI is InChI=1S/C15H24N4/c1-2-13-12(7-8-16)15(19-9-3-4-10-19)18-14(17-13)11-5-6-11/h11H,2-10,16H2,1H3. The summed E-state index contributed by atoms with van der Waals surface area (Å²) in [5, 5.41) is 0. The maximum Gasteiger partial charge on any atom is 0.135 e. The van der Waals surface area contributed by atoms with Crippen molar-refractivity contribution in [2.45, 2.75) is 51.4 Å². The predicted octanol–water partition coefficient (Wildman–Crippen LogP) is 2.02. The smallest absolute Gasteiger partial charge is 0.135 e. The van der Waals surface area contributed by atoms with E-state index in [0.717, 1.165) is 31.8 Å². The summed E-state index contributed by atoms with van der Waals surface area (Å²) in [6, 6.07) is 0. The van der Waals surface area contributed by atoms with Gasteiger partial charge < -0.3 is 10.6 Å². The van der Waals surface area contributed by atoms with Crippen LogP contribution in [-0.4, -0.2) is 29.6 Å². The van der Waals surface area contributed by atoms with Crippen LogP contribution in [0.15, 0.2) is 0 Å². The zero-order valence-electron chi connectivity index (χ0n) is 11.9. The summed E-state index contributed by atoms with van der Waals surface area (Å²) in [6.45, 7) is 5.15. The Hall–Kier alpha value is -1.16. The molecule has 4 heteroatoms. The van der Waals surface area contributed by atoms with Crippen LogP contribution in [0.4, 0.5) is 5.82 Å². The summed E-state index contributed by atoms with van der Waals surface area (Å²) >= 11 is 0. The highest BCUT2D eigenvalue weighted by Gasteiger charge is 2.29. The van der Waals surface area contributed by atoms with Gasteiger partial charge in [0.25, 0.3) is 0 Å². The van der Waals surface area contributed by atoms with Gasteiger partial charge in [0.05, 0.1) is 0 Å². The Kier molecular flexibility index (Phi) is 3.69. The first kappa shape index (κ1) is 12.9. The van der Waals surface area contributed by atoms with Gasteiger partial charge in [0, 0.05) is 30.3 Å². The summed E-state index contributed by atoms with van der Waals surface area (Å²) in [4.78, 5) is 12.2. The van der Waals surface area contributed by atoms with E-state index in [0.29, 0.717) is 12.5 Å². The molecule has 3 rings (SSSR count). The number of hydrogen-bond donors (Lipinski definition) is 1. The van der Waals surface area contributed by atoms with Crippen LogP contribution in [0.2, 0.25) is 0 Å². The molecule has 0 amide bonds. The van der Waals surface area contributed by atoms with E-state index in [9.17, 15) is 0 Å². The monoisotopic (exact) mass is 260 g/mol. The Balaban J connectivity index is 2.02. The van der Waals surface area contributed by atoms with Gasteiger partial charge in [0.1, 0.15) is 11.6 Å². The molecule has 1 aliphatic heterocycles. The zero-order chi connectivity index (χ0) is 13.2. The lowest BCUT2D eigenvalue weighted by atomic mass is 10.1. The van der Waals surface area contributed by atoms with Crippen LogP contribution in [0.1, 0.15) is 55.6 Å². The van der Waals surface area contributed by atoms with Gasteiger partial charge in [-0.3, -0.25) is 0 Å². The van der Waals surface area contributed by atoms with Gasteiger partial charge >= 0.3 is 0 Å². The molecule has 0 unspecified atom stereocenters. The molecule has 0 atom stereocenters. The van der Waals surface area contributed by atoms with E-state index in [1.54, 1.807) is 0 Å². The molecule has 1 saturated carbocycles. The van der Waals surface area contributed by atoms with E-state index in [1.807, 2.05) is 0 Å². The molecule has 2 heterocycles. The van der Waals surface area contributed by atoms with Gasteiger partial charge in [-0.05, 0) is 45.1 Å². The lowest BCUT2D eigenvalue weighted by Crippen LogP contribution is -2.24. The first-order valence-corrected chi connectivity index (χ1v) is 7.68. The van der Waals surface area contributed by atoms with Crippen LogP contribution >= 0.6 is 0 Å². The molecule has 2 N–H and O–H groups in total. The maximum absolute atomic E-state index is 5.79. The van der Waals surface area contributed by atoms with Crippen LogP contribution in [0.25, 0.3) is 0 Å². The normalized spacial score (nSPS) is 19.2. The molecule has 0 bridgehead atoms. The molecule has 2 aliphatic rings. The Bertz CT molecular complexity index is 448. The summed E-state index contributed by atoms with van der Waals surface area (Å²) in [5.41, 5.74) is 8.32. The van der Waals surface area contributed by atoms with Gasteiger partial charge in [-0.1, -0.05) is 6.92 Å². The molecule has 19 heavy (non-hydrogen) atoms. The molecule has 1 saturated heterocycles. The lowest BCUT2D eigenvalue weighted by molar-refractivity contribution is 0.800. The zero-order valence-corrected chi connectivity index (χ0v) is 11.9. The molecule has 0 radical (unpaired) electrons. The van der Waals surface area contributed by atoms with Gasteiger partial charge in [-0.15, -0.1) is 0 Å². The van der Waals surface area contributed by atoms with Crippen molar-refractivity contribution in [2.24, 2.45) is 5.73 Å². The highest BCUT2D eigenvalue weighted by atomic mass is 15.2. The minimum absolute atomic E-state index is 0.624. The number of hydrogen-bond acceptors (Lipinski definition) is 4. The first-order chi connectivity index (χ1) is 9.33. The average Bonchev–Trinajstić information content (AvgIpc) is 3.14. The van der Waals surface area contributed by atoms with Crippen LogP contribution in [0, 0.1) is 0 Å². The van der Waals surface area contributed by atoms with Crippen molar-refractivity contribution >= 4 is 5.82 Å². The van der Waals surface area contributed by atoms with Gasteiger partial charge in [-0.2, -0.15) is 0 Å². The van der Waals surface area contributed by atoms with Crippen molar-refractivity contribution < 1.29 is 0 Å². The van der Waals surface area contributed by atoms with Gasteiger partial charge in [-0.25, -0.2) is 9.97 Å². The van der Waals surface area contributed by atoms with E-state index >= 15 is 0 Å². The molecular formula is C15H24N4. The highest BCUT2D eigenvalue weighted by Crippen LogP contribution is 2.39. The van der Waals surface area contributed by atoms with Crippen molar-refractivity contribution in [2.75, 3.05) is 24.5 Å². The van der Waals surface area contributed by atoms with Gasteiger partial charge in [0.2, 0.25) is 0 Å². The molecule has 2 fully saturated rings. The predicted molar refractivity (Wildman–Crippen MR) is 77.6 cm³/mol. The Morgan fingerprint density at radius 3 is 2.53 bits per heavy atom. The number of anilines is 1. The summed E-state index contributed by atoms with van der Waals surface area (Å²) in [7, 11) is 0. The van der Waals surface area contributed by atoms with Crippen molar-refractivity contribution in [1.29, 1.82) is 0 Å². The molecule has 104 valence electrons. The Morgan fingerprint density at radius 1 is 1.21 bits per heavy atom. The molecular weight excluding hydrogens is 236 g/mol. The average molecular weight is 260 g/mol. The minimum Gasteiger partial charge on any atom is -0.356 e. The third-order valence-corrected chi connectivity index (χ3v) is 4.17. The van der Waals surface area contributed by atoms with Crippen molar-refractivity contribution in [3.05, 3.63) is 17.1 Å². The topological polar surface area (TPSA) is 55.0 Å². The van der Waals surface area contributed by atoms with Crippen LogP contribution in [0.5, 0.6) is 0 Å². The second kappa shape index (κ2) is 5.45. The maximum atomic E-state index is 5.79. The third kappa shape index (κ3) is 2.59. The number of aryl methyl sites for hydroxylation is 1. The molecule has 1 aliphatic carbocycles. The fourth-order valence-corrected chi connectivity index (χ4v) is 2.94. The van der Waals surface area contributed by atoms with Crippen molar-refractivity contribution in [1.82, 2.24) is 9.97 Å². The van der Waals surface area contributed by atoms with E-state index in [4.69, 9.17) is 15.7 Å². The molecule has 1 aromatic rings. The number of nitrogens with two attached hydrogens (primary N) is 1. The summed E-state index contributed by atoms with van der Waals surface area (Å²) in [6.07, 6.45) is 6.98. The lowest BCUT2D eigenvalue weighted by Gasteiger charge is -2.22. The van der Waals surface area contributed by atoms with E-state index in [1.165, 1.54) is 42.8 Å². The fourth-order valence-electron chi connectivity index (χ4n) is 2.94. The molecule has 4 nitrogen and oxygen atoms in total. The summed E-state index contributed by atoms with van der Waals surface area (Å²) < 4.78 is 0. The highest BCUT2D eigenvalue weighted by molar-refractivity contribution is 5.51. The van der Waals surface area contributed by atoms with Crippen LogP contribution < -0.4 is 10.6 Å². The molecule has 1 aromatic heterocycles. The fraction of sp³-hybridized carbons (Fsp3) is 0.733. The van der Waals surface area contributed by atoms with Crippen LogP contribution in [-0.2, 0) is 12.8 Å². The van der Waals surface area contributed by atoms with Crippen molar-refractivity contribution in [3.8, 4) is 0 Å². The largest absolute Gasteiger partial charge is 0.356 e. The molecule has 0 aromatic carbocycles. The summed E-state index contributed by atoms with van der Waals surface area (Å²) in [5.74, 6) is 2.90. The minimum atomic E-state index is 0.624. The van der Waals surface area contributed by atoms with Gasteiger partial charge in [0.15, 0.2) is 0 Å². The Morgan fingerprint density at radius 2 is 1.95 bits per heavy atom. The van der Waals surface area contributed by atoms with E-state index in [2.05, 4.69) is 11.8 Å². The second-order valence-corrected chi connectivity index (χ2v) is 5.69. The first-order valence-electron chi connectivity index (χ1n) is 7.68. The van der Waals surface area contributed by atoms with E-state index < -0.39 is 0 Å². The van der Waals surface area contributed by atoms with E-state index in [-0.39, 0.29) is 0 Å². The number of aromatic nitrogens is 2. The Labute approximate surface area is 115 Å². The number of nitrogens with zero attached hydrogens (tertiary/aromatic N) is 3. The SMILES string of the molecule is CCc1nc(C2CC2)nc(N2CCCC2)c1CCN. The third-order valence-electron chi connectivity index (χ3n) is 4.17. The van der Waals surface area contributed by atoms with Crippen LogP contribution in [0.3, 0.4) is 0 Å². The quantitative estimate of drug-likeness (QED) is 0.880. The molecule has 0 spiro atoms. The number of rotatable bonds is 5.